The van der Waals surface area contributed by atoms with Gasteiger partial charge in [-0.15, -0.1) is 5.10 Å². The van der Waals surface area contributed by atoms with Crippen molar-refractivity contribution in [2.45, 2.75) is 13.3 Å². The smallest absolute Gasteiger partial charge is 0.291 e. The maximum atomic E-state index is 13.2. The molecule has 7 nitrogen and oxygen atoms in total. The number of amides is 1. The number of nitrogens with zero attached hydrogens (tertiary/aromatic N) is 5. The number of halogens is 1. The van der Waals surface area contributed by atoms with Gasteiger partial charge in [0.15, 0.2) is 5.82 Å². The van der Waals surface area contributed by atoms with E-state index in [-0.39, 0.29) is 11.5 Å². The summed E-state index contributed by atoms with van der Waals surface area (Å²) in [6.45, 7) is 2.62. The van der Waals surface area contributed by atoms with Gasteiger partial charge in [0.05, 0.1) is 11.3 Å². The van der Waals surface area contributed by atoms with Crippen molar-refractivity contribution in [3.05, 3.63) is 67.6 Å². The maximum Gasteiger partial charge on any atom is 0.291 e. The van der Waals surface area contributed by atoms with E-state index in [0.717, 1.165) is 27.7 Å². The Kier molecular flexibility index (Phi) is 4.29. The van der Waals surface area contributed by atoms with Crippen LogP contribution in [0.5, 0.6) is 0 Å². The minimum absolute atomic E-state index is 0.157. The third-order valence-electron chi connectivity index (χ3n) is 4.75. The molecule has 3 aromatic heterocycles. The SMILES string of the molecule is CCCN1C(=O)C(=c2sc3nc(-c4ccncc4)nn3c2=O)c2cc(Br)ccc21. The zero-order valence-electron chi connectivity index (χ0n) is 15.3. The Morgan fingerprint density at radius 3 is 2.66 bits per heavy atom. The van der Waals surface area contributed by atoms with Crippen molar-refractivity contribution in [3.8, 4) is 11.4 Å². The zero-order chi connectivity index (χ0) is 20.1. The molecule has 1 aromatic carbocycles. The average molecular weight is 468 g/mol. The summed E-state index contributed by atoms with van der Waals surface area (Å²) in [7, 11) is 0. The first-order chi connectivity index (χ1) is 14.1. The van der Waals surface area contributed by atoms with Crippen LogP contribution in [0.25, 0.3) is 21.9 Å². The van der Waals surface area contributed by atoms with Crippen molar-refractivity contribution in [2.75, 3.05) is 11.4 Å². The van der Waals surface area contributed by atoms with Gasteiger partial charge in [0.25, 0.3) is 11.5 Å². The lowest BCUT2D eigenvalue weighted by Gasteiger charge is -2.15. The number of hydrogen-bond donors (Lipinski definition) is 0. The summed E-state index contributed by atoms with van der Waals surface area (Å²) < 4.78 is 2.49. The number of carbonyl (C=O) groups excluding carboxylic acids is 1. The largest absolute Gasteiger partial charge is 0.308 e. The Bertz CT molecular complexity index is 1380. The van der Waals surface area contributed by atoms with E-state index in [1.165, 1.54) is 15.9 Å². The molecular weight excluding hydrogens is 454 g/mol. The highest BCUT2D eigenvalue weighted by Gasteiger charge is 2.34. The summed E-state index contributed by atoms with van der Waals surface area (Å²) in [6, 6.07) is 9.27. The first-order valence-electron chi connectivity index (χ1n) is 9.04. The normalized spacial score (nSPS) is 15.4. The molecule has 0 unspecified atom stereocenters. The van der Waals surface area contributed by atoms with Crippen LogP contribution in [0.15, 0.2) is 52.0 Å². The fourth-order valence-corrected chi connectivity index (χ4v) is 4.84. The molecule has 9 heteroatoms. The monoisotopic (exact) mass is 467 g/mol. The molecule has 144 valence electrons. The molecular formula is C20H14BrN5O2S. The van der Waals surface area contributed by atoms with Crippen molar-refractivity contribution in [2.24, 2.45) is 0 Å². The Balaban J connectivity index is 1.75. The van der Waals surface area contributed by atoms with E-state index in [2.05, 4.69) is 31.0 Å². The topological polar surface area (TPSA) is 80.5 Å². The molecule has 0 N–H and O–H groups in total. The van der Waals surface area contributed by atoms with E-state index in [1.807, 2.05) is 25.1 Å². The Morgan fingerprint density at radius 2 is 1.93 bits per heavy atom. The third-order valence-corrected chi connectivity index (χ3v) is 6.27. The van der Waals surface area contributed by atoms with Gasteiger partial charge in [-0.2, -0.15) is 9.50 Å². The van der Waals surface area contributed by atoms with Crippen LogP contribution in [-0.2, 0) is 4.79 Å². The average Bonchev–Trinajstić information content (AvgIpc) is 3.35. The van der Waals surface area contributed by atoms with Crippen LogP contribution in [0.4, 0.5) is 5.69 Å². The van der Waals surface area contributed by atoms with Crippen molar-refractivity contribution in [1.29, 1.82) is 0 Å². The molecule has 0 saturated heterocycles. The molecule has 0 fully saturated rings. The summed E-state index contributed by atoms with van der Waals surface area (Å²) in [5.41, 5.74) is 2.46. The Hall–Kier alpha value is -2.91. The molecule has 0 bridgehead atoms. The molecule has 0 spiro atoms. The lowest BCUT2D eigenvalue weighted by Crippen LogP contribution is -2.32. The van der Waals surface area contributed by atoms with Crippen molar-refractivity contribution in [1.82, 2.24) is 19.6 Å². The summed E-state index contributed by atoms with van der Waals surface area (Å²) in [5, 5.41) is 4.36. The van der Waals surface area contributed by atoms with Crippen LogP contribution in [0.3, 0.4) is 0 Å². The highest BCUT2D eigenvalue weighted by molar-refractivity contribution is 9.10. The Morgan fingerprint density at radius 1 is 1.14 bits per heavy atom. The summed E-state index contributed by atoms with van der Waals surface area (Å²) in [5.74, 6) is 0.303. The molecule has 4 heterocycles. The van der Waals surface area contributed by atoms with Gasteiger partial charge in [-0.1, -0.05) is 34.2 Å². The summed E-state index contributed by atoms with van der Waals surface area (Å²) in [4.78, 5) is 37.0. The fourth-order valence-electron chi connectivity index (χ4n) is 3.48. The van der Waals surface area contributed by atoms with Crippen LogP contribution in [0.2, 0.25) is 0 Å². The van der Waals surface area contributed by atoms with Gasteiger partial charge in [0.1, 0.15) is 4.53 Å². The van der Waals surface area contributed by atoms with E-state index in [0.29, 0.717) is 27.4 Å². The highest BCUT2D eigenvalue weighted by atomic mass is 79.9. The van der Waals surface area contributed by atoms with Gasteiger partial charge in [0, 0.05) is 34.5 Å². The van der Waals surface area contributed by atoms with E-state index >= 15 is 0 Å². The number of carbonyl (C=O) groups is 1. The molecule has 1 aliphatic rings. The van der Waals surface area contributed by atoms with Crippen LogP contribution >= 0.6 is 27.3 Å². The van der Waals surface area contributed by atoms with Gasteiger partial charge in [-0.25, -0.2) is 0 Å². The van der Waals surface area contributed by atoms with Crippen LogP contribution in [0.1, 0.15) is 18.9 Å². The predicted octanol–water partition coefficient (Wildman–Crippen LogP) is 2.65. The number of thiazole rings is 1. The lowest BCUT2D eigenvalue weighted by molar-refractivity contribution is -0.113. The molecule has 4 aromatic rings. The van der Waals surface area contributed by atoms with E-state index < -0.39 is 0 Å². The second kappa shape index (κ2) is 6.85. The molecule has 0 radical (unpaired) electrons. The van der Waals surface area contributed by atoms with Crippen LogP contribution < -0.4 is 15.0 Å². The molecule has 1 amide bonds. The van der Waals surface area contributed by atoms with Crippen LogP contribution in [0, 0.1) is 0 Å². The second-order valence-electron chi connectivity index (χ2n) is 6.60. The molecule has 1 aliphatic heterocycles. The van der Waals surface area contributed by atoms with Gasteiger partial charge in [-0.3, -0.25) is 14.6 Å². The van der Waals surface area contributed by atoms with Gasteiger partial charge in [-0.05, 0) is 36.8 Å². The molecule has 5 rings (SSSR count). The standard InChI is InChI=1S/C20H14BrN5O2S/c1-2-9-25-14-4-3-12(21)10-13(14)15(18(25)27)16-19(28)26-20(29-16)23-17(24-26)11-5-7-22-8-6-11/h3-8,10H,2,9H2,1H3. The first kappa shape index (κ1) is 18.1. The van der Waals surface area contributed by atoms with E-state index in [4.69, 9.17) is 0 Å². The van der Waals surface area contributed by atoms with Gasteiger partial charge < -0.3 is 4.90 Å². The number of benzene rings is 1. The molecule has 0 saturated carbocycles. The van der Waals surface area contributed by atoms with Crippen molar-refractivity contribution in [3.63, 3.8) is 0 Å². The number of pyridine rings is 1. The van der Waals surface area contributed by atoms with E-state index in [9.17, 15) is 9.59 Å². The molecule has 0 aliphatic carbocycles. The fraction of sp³-hybridized carbons (Fsp3) is 0.150. The number of hydrogen-bond acceptors (Lipinski definition) is 6. The molecule has 0 atom stereocenters. The zero-order valence-corrected chi connectivity index (χ0v) is 17.7. The molecule has 29 heavy (non-hydrogen) atoms. The first-order valence-corrected chi connectivity index (χ1v) is 10.7. The van der Waals surface area contributed by atoms with Gasteiger partial charge in [0.2, 0.25) is 4.96 Å². The van der Waals surface area contributed by atoms with Gasteiger partial charge >= 0.3 is 0 Å². The summed E-state index contributed by atoms with van der Waals surface area (Å²) in [6.07, 6.45) is 4.12. The minimum Gasteiger partial charge on any atom is -0.308 e. The number of anilines is 1. The van der Waals surface area contributed by atoms with Crippen LogP contribution in [-0.4, -0.2) is 32.0 Å². The lowest BCUT2D eigenvalue weighted by atomic mass is 10.1. The van der Waals surface area contributed by atoms with E-state index in [1.54, 1.807) is 29.4 Å². The van der Waals surface area contributed by atoms with Crippen molar-refractivity contribution >= 4 is 49.4 Å². The third kappa shape index (κ3) is 2.80. The Labute approximate surface area is 177 Å². The quantitative estimate of drug-likeness (QED) is 0.462. The number of fused-ring (bicyclic) bond motifs is 2. The number of rotatable bonds is 3. The predicted molar refractivity (Wildman–Crippen MR) is 115 cm³/mol. The second-order valence-corrected chi connectivity index (χ2v) is 8.49. The summed E-state index contributed by atoms with van der Waals surface area (Å²) >= 11 is 4.66. The number of aromatic nitrogens is 4. The maximum absolute atomic E-state index is 13.2. The highest BCUT2D eigenvalue weighted by Crippen LogP contribution is 2.37. The van der Waals surface area contributed by atoms with Crippen molar-refractivity contribution < 1.29 is 4.79 Å². The minimum atomic E-state index is -0.328.